The van der Waals surface area contributed by atoms with Gasteiger partial charge in [-0.25, -0.2) is 8.78 Å². The van der Waals surface area contributed by atoms with Crippen LogP contribution >= 0.6 is 0 Å². The Kier molecular flexibility index (Phi) is 8.80. The van der Waals surface area contributed by atoms with Crippen LogP contribution < -0.4 is 9.64 Å². The molecule has 0 spiro atoms. The lowest BCUT2D eigenvalue weighted by atomic mass is 9.74. The van der Waals surface area contributed by atoms with E-state index < -0.39 is 17.2 Å². The van der Waals surface area contributed by atoms with Crippen molar-refractivity contribution >= 4 is 27.5 Å². The van der Waals surface area contributed by atoms with Gasteiger partial charge in [0.2, 0.25) is 0 Å². The largest absolute Gasteiger partial charge is 0.508 e. The number of benzene rings is 2. The molecule has 1 aliphatic carbocycles. The number of aromatic nitrogens is 3. The van der Waals surface area contributed by atoms with Gasteiger partial charge in [-0.3, -0.25) is 9.88 Å². The Morgan fingerprint density at radius 3 is 2.65 bits per heavy atom. The molecule has 0 amide bonds. The second-order valence-electron chi connectivity index (χ2n) is 15.9. The molecule has 2 N–H and O–H groups in total. The summed E-state index contributed by atoms with van der Waals surface area (Å²) in [5.74, 6) is -0.829. The first-order valence-electron chi connectivity index (χ1n) is 18.3. The van der Waals surface area contributed by atoms with E-state index in [1.165, 1.54) is 24.4 Å². The fourth-order valence-corrected chi connectivity index (χ4v) is 9.17. The van der Waals surface area contributed by atoms with Crippen molar-refractivity contribution in [2.75, 3.05) is 64.1 Å². The second kappa shape index (κ2) is 13.1. The Morgan fingerprint density at radius 1 is 1.04 bits per heavy atom. The van der Waals surface area contributed by atoms with Crippen molar-refractivity contribution in [3.8, 4) is 23.0 Å². The number of pyridine rings is 1. The number of rotatable bonds is 8. The number of phenols is 1. The fraction of sp³-hybridized carbons (Fsp3) is 0.564. The molecule has 3 aliphatic heterocycles. The molecule has 8 rings (SSSR count). The number of fused-ring (bicyclic) bond motifs is 3. The molecule has 10 nitrogen and oxygen atoms in total. The Labute approximate surface area is 296 Å². The third-order valence-corrected chi connectivity index (χ3v) is 11.5. The molecular formula is C39H47F2N5O5. The summed E-state index contributed by atoms with van der Waals surface area (Å²) in [5.41, 5.74) is -0.444. The zero-order chi connectivity index (χ0) is 35.5. The molecule has 5 heterocycles. The van der Waals surface area contributed by atoms with Crippen molar-refractivity contribution in [2.24, 2.45) is 10.8 Å². The minimum Gasteiger partial charge on any atom is -0.508 e. The van der Waals surface area contributed by atoms with Crippen molar-refractivity contribution in [3.63, 3.8) is 0 Å². The molecule has 2 aromatic heterocycles. The number of nitrogens with zero attached hydrogens (tertiary/aromatic N) is 5. The third kappa shape index (κ3) is 6.28. The first-order valence-corrected chi connectivity index (χ1v) is 18.3. The topological polar surface area (TPSA) is 113 Å². The summed E-state index contributed by atoms with van der Waals surface area (Å²) in [6, 6.07) is 6.33. The van der Waals surface area contributed by atoms with E-state index in [-0.39, 0.29) is 52.5 Å². The lowest BCUT2D eigenvalue weighted by molar-refractivity contribution is -0.130. The van der Waals surface area contributed by atoms with Gasteiger partial charge in [0, 0.05) is 41.7 Å². The molecule has 3 atom stereocenters. The van der Waals surface area contributed by atoms with E-state index >= 15 is 8.78 Å². The maximum Gasteiger partial charge on any atom is 0.319 e. The fourth-order valence-electron chi connectivity index (χ4n) is 9.17. The highest BCUT2D eigenvalue weighted by molar-refractivity contribution is 6.01. The minimum absolute atomic E-state index is 0.000552. The van der Waals surface area contributed by atoms with Gasteiger partial charge in [-0.15, -0.1) is 0 Å². The molecule has 4 aromatic rings. The van der Waals surface area contributed by atoms with E-state index in [0.717, 1.165) is 58.4 Å². The Bertz CT molecular complexity index is 1970. The predicted molar refractivity (Wildman–Crippen MR) is 190 cm³/mol. The summed E-state index contributed by atoms with van der Waals surface area (Å²) in [6.07, 6.45) is 7.26. The third-order valence-electron chi connectivity index (χ3n) is 11.5. The van der Waals surface area contributed by atoms with E-state index in [9.17, 15) is 10.2 Å². The van der Waals surface area contributed by atoms with Crippen LogP contribution in [0.1, 0.15) is 58.4 Å². The van der Waals surface area contributed by atoms with E-state index in [1.54, 1.807) is 13.0 Å². The van der Waals surface area contributed by atoms with E-state index in [1.807, 2.05) is 11.8 Å². The average molecular weight is 704 g/mol. The molecule has 51 heavy (non-hydrogen) atoms. The molecule has 272 valence electrons. The molecule has 3 unspecified atom stereocenters. The van der Waals surface area contributed by atoms with Gasteiger partial charge in [0.1, 0.15) is 34.2 Å². The van der Waals surface area contributed by atoms with Gasteiger partial charge >= 0.3 is 6.01 Å². The number of likely N-dealkylation sites (tertiary alicyclic amines) is 1. The Morgan fingerprint density at radius 2 is 1.86 bits per heavy atom. The van der Waals surface area contributed by atoms with Crippen LogP contribution in [-0.4, -0.2) is 101 Å². The molecule has 1 saturated carbocycles. The van der Waals surface area contributed by atoms with Crippen LogP contribution in [0.15, 0.2) is 30.5 Å². The molecule has 4 aliphatic rings. The van der Waals surface area contributed by atoms with Gasteiger partial charge in [-0.2, -0.15) is 9.97 Å². The standard InChI is InChI=1S/C39H47F2N5O5/c1-4-26-29(40)9-8-24-15-25(47)16-27(31(24)26)33-32(41)34-28(17-42-33)35(46-13-14-49-22-38(3,48)19-46)44-36(43-34)51-23-39-10-5-7-30(39)45(12-6-11-39)18-37(2)20-50-21-37/h8-9,15-17,30,47-48H,4-7,10-14,18-23H2,1-3H3. The number of aliphatic hydroxyl groups is 1. The number of aromatic hydroxyl groups is 1. The van der Waals surface area contributed by atoms with Crippen LogP contribution in [0.4, 0.5) is 14.6 Å². The Hall–Kier alpha value is -3.71. The van der Waals surface area contributed by atoms with Crippen molar-refractivity contribution in [1.29, 1.82) is 0 Å². The molecule has 4 fully saturated rings. The van der Waals surface area contributed by atoms with Gasteiger partial charge < -0.3 is 29.3 Å². The minimum atomic E-state index is -1.18. The number of aryl methyl sites for hydroxylation is 1. The highest BCUT2D eigenvalue weighted by atomic mass is 19.1. The average Bonchev–Trinajstić information content (AvgIpc) is 3.44. The number of hydrogen-bond donors (Lipinski definition) is 2. The summed E-state index contributed by atoms with van der Waals surface area (Å²) < 4.78 is 50.0. The van der Waals surface area contributed by atoms with Gasteiger partial charge in [0.15, 0.2) is 5.82 Å². The van der Waals surface area contributed by atoms with Crippen molar-refractivity contribution in [1.82, 2.24) is 19.9 Å². The van der Waals surface area contributed by atoms with Crippen LogP contribution in [0, 0.1) is 22.5 Å². The molecule has 0 bridgehead atoms. The number of ether oxygens (including phenoxy) is 3. The summed E-state index contributed by atoms with van der Waals surface area (Å²) in [7, 11) is 0. The maximum absolute atomic E-state index is 17.1. The van der Waals surface area contributed by atoms with Gasteiger partial charge in [0.25, 0.3) is 0 Å². The number of halogens is 2. The van der Waals surface area contributed by atoms with Crippen LogP contribution in [0.25, 0.3) is 32.9 Å². The first kappa shape index (κ1) is 34.4. The van der Waals surface area contributed by atoms with Crippen LogP contribution in [0.2, 0.25) is 0 Å². The molecule has 0 radical (unpaired) electrons. The van der Waals surface area contributed by atoms with Crippen molar-refractivity contribution in [3.05, 3.63) is 47.7 Å². The summed E-state index contributed by atoms with van der Waals surface area (Å²) in [5, 5.41) is 23.2. The molecular weight excluding hydrogens is 656 g/mol. The summed E-state index contributed by atoms with van der Waals surface area (Å²) >= 11 is 0. The highest BCUT2D eigenvalue weighted by Gasteiger charge is 2.50. The van der Waals surface area contributed by atoms with E-state index in [2.05, 4.69) is 16.8 Å². The molecule has 12 heteroatoms. The molecule has 2 aromatic carbocycles. The van der Waals surface area contributed by atoms with Gasteiger partial charge in [-0.05, 0) is 80.1 Å². The SMILES string of the molecule is CCc1c(F)ccc2cc(O)cc(-c3ncc4c(N5CCOCC(C)(O)C5)nc(OCC56CCCC5N(CC5(C)COC5)CCC6)nc4c3F)c12. The van der Waals surface area contributed by atoms with Crippen LogP contribution in [0.5, 0.6) is 11.8 Å². The maximum atomic E-state index is 17.1. The van der Waals surface area contributed by atoms with E-state index in [0.29, 0.717) is 59.8 Å². The van der Waals surface area contributed by atoms with Crippen molar-refractivity contribution in [2.45, 2.75) is 70.9 Å². The number of piperidine rings is 1. The predicted octanol–water partition coefficient (Wildman–Crippen LogP) is 6.03. The first-order chi connectivity index (χ1) is 24.5. The molecule has 3 saturated heterocycles. The lowest BCUT2D eigenvalue weighted by Crippen LogP contribution is -2.57. The van der Waals surface area contributed by atoms with Crippen LogP contribution in [0.3, 0.4) is 0 Å². The zero-order valence-electron chi connectivity index (χ0n) is 29.7. The summed E-state index contributed by atoms with van der Waals surface area (Å²) in [6.45, 7) is 11.0. The quantitative estimate of drug-likeness (QED) is 0.226. The number of phenolic OH excluding ortho intramolecular Hbond substituents is 1. The van der Waals surface area contributed by atoms with Crippen molar-refractivity contribution < 1.29 is 33.2 Å². The van der Waals surface area contributed by atoms with Crippen LogP contribution in [-0.2, 0) is 15.9 Å². The Balaban J connectivity index is 1.22. The zero-order valence-corrected chi connectivity index (χ0v) is 29.7. The number of hydrogen-bond acceptors (Lipinski definition) is 10. The van der Waals surface area contributed by atoms with Gasteiger partial charge in [-0.1, -0.05) is 26.3 Å². The normalized spacial score (nSPS) is 26.6. The second-order valence-corrected chi connectivity index (χ2v) is 15.9. The number of β-amino-alcohol motifs (C(OH)–C–C–N with tert-alkyl or cyclic N) is 1. The highest BCUT2D eigenvalue weighted by Crippen LogP contribution is 2.49. The number of anilines is 1. The summed E-state index contributed by atoms with van der Waals surface area (Å²) in [4.78, 5) is 18.7. The smallest absolute Gasteiger partial charge is 0.319 e. The van der Waals surface area contributed by atoms with E-state index in [4.69, 9.17) is 24.2 Å². The lowest BCUT2D eigenvalue weighted by Gasteiger charge is -2.50. The monoisotopic (exact) mass is 703 g/mol. The van der Waals surface area contributed by atoms with Gasteiger partial charge in [0.05, 0.1) is 45.0 Å².